The average molecular weight is 340 g/mol. The Labute approximate surface area is 129 Å². The molecule has 4 rings (SSSR count). The Morgan fingerprint density at radius 1 is 1.19 bits per heavy atom. The molecule has 2 heterocycles. The second kappa shape index (κ2) is 4.89. The van der Waals surface area contributed by atoms with Gasteiger partial charge in [0, 0.05) is 21.9 Å². The van der Waals surface area contributed by atoms with Crippen molar-refractivity contribution in [3.8, 4) is 0 Å². The van der Waals surface area contributed by atoms with Crippen molar-refractivity contribution in [2.75, 3.05) is 12.0 Å². The van der Waals surface area contributed by atoms with Gasteiger partial charge in [-0.15, -0.1) is 0 Å². The number of halogens is 1. The van der Waals surface area contributed by atoms with E-state index in [2.05, 4.69) is 41.2 Å². The third-order valence-electron chi connectivity index (χ3n) is 3.30. The van der Waals surface area contributed by atoms with E-state index in [-0.39, 0.29) is 0 Å². The molecular formula is C15H10BrN5. The fourth-order valence-corrected chi connectivity index (χ4v) is 2.79. The van der Waals surface area contributed by atoms with Crippen LogP contribution in [0.2, 0.25) is 0 Å². The molecule has 0 radical (unpaired) electrons. The Hall–Kier alpha value is -2.34. The number of hydrogen-bond acceptors (Lipinski definition) is 5. The first-order valence-corrected chi connectivity index (χ1v) is 7.25. The predicted molar refractivity (Wildman–Crippen MR) is 86.8 cm³/mol. The number of hydrogen-bond donors (Lipinski definition) is 1. The van der Waals surface area contributed by atoms with E-state index in [1.165, 1.54) is 0 Å². The highest BCUT2D eigenvalue weighted by atomic mass is 79.9. The first-order chi connectivity index (χ1) is 10.3. The van der Waals surface area contributed by atoms with E-state index in [0.29, 0.717) is 6.67 Å². The number of nitrogens with one attached hydrogen (secondary N) is 1. The number of benzene rings is 2. The van der Waals surface area contributed by atoms with E-state index in [0.717, 1.165) is 37.8 Å². The van der Waals surface area contributed by atoms with Crippen molar-refractivity contribution >= 4 is 45.5 Å². The lowest BCUT2D eigenvalue weighted by Crippen LogP contribution is -2.22. The highest BCUT2D eigenvalue weighted by molar-refractivity contribution is 9.10. The van der Waals surface area contributed by atoms with Crippen LogP contribution >= 0.6 is 15.9 Å². The molecule has 2 aliphatic heterocycles. The van der Waals surface area contributed by atoms with Gasteiger partial charge >= 0.3 is 0 Å². The highest BCUT2D eigenvalue weighted by Gasteiger charge is 2.15. The minimum atomic E-state index is 0.444. The summed E-state index contributed by atoms with van der Waals surface area (Å²) in [4.78, 5) is 17.3. The van der Waals surface area contributed by atoms with Crippen molar-refractivity contribution in [3.63, 3.8) is 0 Å². The van der Waals surface area contributed by atoms with Gasteiger partial charge in [-0.25, -0.2) is 9.98 Å². The van der Waals surface area contributed by atoms with E-state index in [1.807, 2.05) is 36.5 Å². The summed E-state index contributed by atoms with van der Waals surface area (Å²) in [5, 5.41) is 5.14. The Kier molecular flexibility index (Phi) is 2.89. The maximum absolute atomic E-state index is 4.50. The highest BCUT2D eigenvalue weighted by Crippen LogP contribution is 2.25. The van der Waals surface area contributed by atoms with E-state index < -0.39 is 0 Å². The van der Waals surface area contributed by atoms with Crippen LogP contribution in [0.25, 0.3) is 0 Å². The third kappa shape index (κ3) is 2.17. The number of nitrogens with zero attached hydrogens (tertiary/aromatic N) is 4. The first-order valence-electron chi connectivity index (χ1n) is 6.45. The van der Waals surface area contributed by atoms with Crippen LogP contribution in [0.3, 0.4) is 0 Å². The largest absolute Gasteiger partial charge is 0.352 e. The monoisotopic (exact) mass is 339 g/mol. The van der Waals surface area contributed by atoms with Gasteiger partial charge in [0.05, 0.1) is 16.4 Å². The molecule has 0 unspecified atom stereocenters. The molecule has 2 aromatic carbocycles. The summed E-state index contributed by atoms with van der Waals surface area (Å²) in [6.45, 7) is 0.444. The second-order valence-electron chi connectivity index (χ2n) is 4.68. The standard InChI is InChI=1S/C15H10BrN5/c16-10-2-1-3-11(5-10)21-15-13-9(6-17-7-19-13)4-12-14(15)20-8-18-12/h1-6,8,21H,7H2. The minimum absolute atomic E-state index is 0.444. The van der Waals surface area contributed by atoms with Crippen LogP contribution in [0.1, 0.15) is 5.56 Å². The van der Waals surface area contributed by atoms with E-state index >= 15 is 0 Å². The summed E-state index contributed by atoms with van der Waals surface area (Å²) in [6, 6.07) is 9.95. The molecule has 2 aliphatic rings. The van der Waals surface area contributed by atoms with Crippen molar-refractivity contribution < 1.29 is 0 Å². The number of aliphatic imine (C=N–C) groups is 2. The number of fused-ring (bicyclic) bond motifs is 2. The van der Waals surface area contributed by atoms with E-state index in [1.54, 1.807) is 6.34 Å². The molecule has 0 atom stereocenters. The summed E-state index contributed by atoms with van der Waals surface area (Å²) in [5.41, 5.74) is 3.64. The predicted octanol–water partition coefficient (Wildman–Crippen LogP) is 2.50. The Balaban J connectivity index is 1.93. The first kappa shape index (κ1) is 12.4. The van der Waals surface area contributed by atoms with Gasteiger partial charge in [0.15, 0.2) is 0 Å². The molecule has 102 valence electrons. The number of anilines is 2. The summed E-state index contributed by atoms with van der Waals surface area (Å²) < 4.78 is 1.01. The topological polar surface area (TPSA) is 61.5 Å². The van der Waals surface area contributed by atoms with Crippen LogP contribution in [0.5, 0.6) is 0 Å². The molecule has 0 saturated heterocycles. The van der Waals surface area contributed by atoms with Crippen molar-refractivity contribution in [1.82, 2.24) is 0 Å². The lowest BCUT2D eigenvalue weighted by molar-refractivity contribution is 0.998. The van der Waals surface area contributed by atoms with E-state index in [4.69, 9.17) is 0 Å². The van der Waals surface area contributed by atoms with Crippen LogP contribution in [-0.4, -0.2) is 19.2 Å². The molecule has 0 aliphatic carbocycles. The maximum Gasteiger partial charge on any atom is 0.130 e. The summed E-state index contributed by atoms with van der Waals surface area (Å²) in [5.74, 6) is 0. The van der Waals surface area contributed by atoms with Crippen molar-refractivity contribution in [3.05, 3.63) is 51.1 Å². The molecule has 21 heavy (non-hydrogen) atoms. The zero-order chi connectivity index (χ0) is 14.2. The van der Waals surface area contributed by atoms with Crippen LogP contribution in [0.4, 0.5) is 17.1 Å². The van der Waals surface area contributed by atoms with Gasteiger partial charge in [0.1, 0.15) is 18.7 Å². The van der Waals surface area contributed by atoms with Gasteiger partial charge in [0.25, 0.3) is 0 Å². The zero-order valence-electron chi connectivity index (χ0n) is 10.9. The van der Waals surface area contributed by atoms with Gasteiger partial charge in [-0.1, -0.05) is 22.0 Å². The lowest BCUT2D eigenvalue weighted by Gasteiger charge is -2.12. The molecule has 1 N–H and O–H groups in total. The average Bonchev–Trinajstić information content (AvgIpc) is 2.95. The van der Waals surface area contributed by atoms with E-state index in [9.17, 15) is 0 Å². The van der Waals surface area contributed by atoms with Crippen LogP contribution in [-0.2, 0) is 0 Å². The van der Waals surface area contributed by atoms with Crippen molar-refractivity contribution in [2.45, 2.75) is 0 Å². The molecule has 0 bridgehead atoms. The van der Waals surface area contributed by atoms with Crippen LogP contribution in [0, 0.1) is 0 Å². The van der Waals surface area contributed by atoms with Gasteiger partial charge < -0.3 is 5.32 Å². The molecule has 0 saturated carbocycles. The molecule has 0 spiro atoms. The summed E-state index contributed by atoms with van der Waals surface area (Å²) >= 11 is 3.48. The zero-order valence-corrected chi connectivity index (χ0v) is 12.5. The van der Waals surface area contributed by atoms with Gasteiger partial charge in [-0.05, 0) is 24.3 Å². The molecule has 2 aromatic rings. The Morgan fingerprint density at radius 2 is 2.14 bits per heavy atom. The Bertz CT molecular complexity index is 914. The lowest BCUT2D eigenvalue weighted by atomic mass is 10.1. The molecule has 0 amide bonds. The van der Waals surface area contributed by atoms with Gasteiger partial charge in [-0.3, -0.25) is 9.98 Å². The Morgan fingerprint density at radius 3 is 3.05 bits per heavy atom. The second-order valence-corrected chi connectivity index (χ2v) is 5.59. The molecular weight excluding hydrogens is 330 g/mol. The molecule has 6 heteroatoms. The minimum Gasteiger partial charge on any atom is -0.352 e. The fraction of sp³-hybridized carbons (Fsp3) is 0.0667. The SMILES string of the molecule is Brc1cccc(Nc2c3c(cc4c2=NCN=C4)=NC=N3)c1. The van der Waals surface area contributed by atoms with Crippen molar-refractivity contribution in [2.24, 2.45) is 20.0 Å². The van der Waals surface area contributed by atoms with Gasteiger partial charge in [-0.2, -0.15) is 0 Å². The quantitative estimate of drug-likeness (QED) is 0.897. The maximum atomic E-state index is 4.50. The van der Waals surface area contributed by atoms with Crippen LogP contribution < -0.4 is 16.0 Å². The molecule has 0 aromatic heterocycles. The summed E-state index contributed by atoms with van der Waals surface area (Å²) in [7, 11) is 0. The number of rotatable bonds is 2. The van der Waals surface area contributed by atoms with Crippen LogP contribution in [0.15, 0.2) is 54.8 Å². The summed E-state index contributed by atoms with van der Waals surface area (Å²) in [6.07, 6.45) is 3.40. The van der Waals surface area contributed by atoms with Gasteiger partial charge in [0.2, 0.25) is 0 Å². The fourth-order valence-electron chi connectivity index (χ4n) is 2.39. The van der Waals surface area contributed by atoms with Crippen molar-refractivity contribution in [1.29, 1.82) is 0 Å². The third-order valence-corrected chi connectivity index (χ3v) is 3.79. The smallest absolute Gasteiger partial charge is 0.130 e. The normalized spacial score (nSPS) is 14.1. The molecule has 5 nitrogen and oxygen atoms in total. The molecule has 0 fully saturated rings.